The zero-order valence-electron chi connectivity index (χ0n) is 12.1. The Balaban J connectivity index is 2.25. The predicted octanol–water partition coefficient (Wildman–Crippen LogP) is 2.69. The monoisotopic (exact) mass is 255 g/mol. The molecule has 0 aliphatic carbocycles. The van der Waals surface area contributed by atoms with Crippen molar-refractivity contribution in [1.82, 2.24) is 4.90 Å². The van der Waals surface area contributed by atoms with Crippen molar-refractivity contribution in [3.05, 3.63) is 0 Å². The number of hydrogen-bond acceptors (Lipinski definition) is 3. The summed E-state index contributed by atoms with van der Waals surface area (Å²) in [6.45, 7) is 9.78. The number of carbonyl (C=O) groups is 1. The predicted molar refractivity (Wildman–Crippen MR) is 69.4 cm³/mol. The van der Waals surface area contributed by atoms with E-state index >= 15 is 0 Å². The van der Waals surface area contributed by atoms with Gasteiger partial charge in [-0.25, -0.2) is 4.79 Å². The van der Waals surface area contributed by atoms with E-state index in [1.54, 1.807) is 0 Å². The minimum absolute atomic E-state index is 0.239. The van der Waals surface area contributed by atoms with Crippen molar-refractivity contribution in [3.63, 3.8) is 0 Å². The van der Waals surface area contributed by atoms with Crippen LogP contribution in [0.15, 0.2) is 0 Å². The molecule has 0 aromatic heterocycles. The van der Waals surface area contributed by atoms with E-state index in [-0.39, 0.29) is 23.3 Å². The lowest BCUT2D eigenvalue weighted by molar-refractivity contribution is -0.0630. The van der Waals surface area contributed by atoms with Crippen LogP contribution >= 0.6 is 0 Å². The molecule has 0 aromatic carbocycles. The lowest BCUT2D eigenvalue weighted by Crippen LogP contribution is -2.61. The van der Waals surface area contributed by atoms with E-state index in [0.29, 0.717) is 12.8 Å². The summed E-state index contributed by atoms with van der Waals surface area (Å²) >= 11 is 0. The molecule has 2 heterocycles. The average molecular weight is 255 g/mol. The maximum Gasteiger partial charge on any atom is 0.411 e. The second kappa shape index (κ2) is 3.86. The average Bonchev–Trinajstić information content (AvgIpc) is 2.27. The summed E-state index contributed by atoms with van der Waals surface area (Å²) < 4.78 is 5.53. The van der Waals surface area contributed by atoms with Crippen molar-refractivity contribution < 1.29 is 14.6 Å². The molecule has 0 spiro atoms. The third kappa shape index (κ3) is 2.22. The molecule has 3 atom stereocenters. The maximum atomic E-state index is 12.4. The SMILES string of the molecule is CC(C)(C)OC(=O)N1[C@@]2(C)CC[C@]1(C)CC(O)C2. The Kier molecular flexibility index (Phi) is 2.93. The molecule has 2 rings (SSSR count). The van der Waals surface area contributed by atoms with Gasteiger partial charge in [-0.3, -0.25) is 4.90 Å². The van der Waals surface area contributed by atoms with Crippen LogP contribution in [-0.2, 0) is 4.74 Å². The van der Waals surface area contributed by atoms with Gasteiger partial charge in [-0.15, -0.1) is 0 Å². The van der Waals surface area contributed by atoms with Crippen molar-refractivity contribution in [2.45, 2.75) is 83.1 Å². The van der Waals surface area contributed by atoms with E-state index in [9.17, 15) is 9.90 Å². The molecule has 2 aliphatic heterocycles. The number of aliphatic hydroxyl groups is 1. The van der Waals surface area contributed by atoms with E-state index in [2.05, 4.69) is 13.8 Å². The number of hydrogen-bond donors (Lipinski definition) is 1. The minimum atomic E-state index is -0.473. The number of aliphatic hydroxyl groups excluding tert-OH is 1. The molecule has 2 saturated heterocycles. The van der Waals surface area contributed by atoms with E-state index in [4.69, 9.17) is 4.74 Å². The molecule has 18 heavy (non-hydrogen) atoms. The van der Waals surface area contributed by atoms with Gasteiger partial charge < -0.3 is 9.84 Å². The number of nitrogens with zero attached hydrogens (tertiary/aromatic N) is 1. The van der Waals surface area contributed by atoms with E-state index in [1.807, 2.05) is 25.7 Å². The second-order valence-corrected chi connectivity index (χ2v) is 7.37. The topological polar surface area (TPSA) is 49.8 Å². The van der Waals surface area contributed by atoms with Gasteiger partial charge in [-0.2, -0.15) is 0 Å². The first-order valence-corrected chi connectivity index (χ1v) is 6.77. The van der Waals surface area contributed by atoms with Gasteiger partial charge in [0.25, 0.3) is 0 Å². The molecule has 104 valence electrons. The molecule has 2 bridgehead atoms. The summed E-state index contributed by atoms with van der Waals surface area (Å²) in [6, 6.07) is 0. The molecule has 1 N–H and O–H groups in total. The van der Waals surface area contributed by atoms with Crippen LogP contribution in [0.1, 0.15) is 60.3 Å². The summed E-state index contributed by atoms with van der Waals surface area (Å²) in [5.74, 6) is 0. The molecular formula is C14H25NO3. The Morgan fingerprint density at radius 3 is 2.06 bits per heavy atom. The van der Waals surface area contributed by atoms with Crippen LogP contribution in [0.2, 0.25) is 0 Å². The Hall–Kier alpha value is -0.770. The molecule has 2 fully saturated rings. The van der Waals surface area contributed by atoms with Crippen LogP contribution in [0.25, 0.3) is 0 Å². The van der Waals surface area contributed by atoms with Crippen LogP contribution in [0, 0.1) is 0 Å². The van der Waals surface area contributed by atoms with Crippen molar-refractivity contribution in [2.75, 3.05) is 0 Å². The van der Waals surface area contributed by atoms with Crippen molar-refractivity contribution >= 4 is 6.09 Å². The Bertz CT molecular complexity index is 343. The molecule has 2 aliphatic rings. The van der Waals surface area contributed by atoms with Crippen molar-refractivity contribution in [1.29, 1.82) is 0 Å². The number of fused-ring (bicyclic) bond motifs is 2. The number of ether oxygens (including phenoxy) is 1. The standard InChI is InChI=1S/C14H25NO3/c1-12(2,3)18-11(17)15-13(4)6-7-14(15,5)9-10(16)8-13/h10,16H,6-9H2,1-5H3/t10?,13-,14+. The fraction of sp³-hybridized carbons (Fsp3) is 0.929. The van der Waals surface area contributed by atoms with Gasteiger partial charge in [0.05, 0.1) is 6.10 Å². The Labute approximate surface area is 109 Å². The number of amides is 1. The highest BCUT2D eigenvalue weighted by Gasteiger charge is 2.58. The van der Waals surface area contributed by atoms with Crippen molar-refractivity contribution in [2.24, 2.45) is 0 Å². The zero-order valence-corrected chi connectivity index (χ0v) is 12.1. The highest BCUT2D eigenvalue weighted by molar-refractivity contribution is 5.71. The summed E-state index contributed by atoms with van der Waals surface area (Å²) in [7, 11) is 0. The summed E-state index contributed by atoms with van der Waals surface area (Å²) in [5, 5.41) is 9.97. The lowest BCUT2D eigenvalue weighted by Gasteiger charge is -2.49. The first kappa shape index (κ1) is 13.7. The number of piperidine rings is 1. The zero-order chi connectivity index (χ0) is 13.8. The molecule has 0 saturated carbocycles. The Morgan fingerprint density at radius 2 is 1.67 bits per heavy atom. The van der Waals surface area contributed by atoms with Crippen LogP contribution in [0.5, 0.6) is 0 Å². The fourth-order valence-electron chi connectivity index (χ4n) is 3.64. The smallest absolute Gasteiger partial charge is 0.411 e. The molecule has 0 aromatic rings. The van der Waals surface area contributed by atoms with Gasteiger partial charge in [-0.05, 0) is 60.3 Å². The molecule has 1 amide bonds. The second-order valence-electron chi connectivity index (χ2n) is 7.37. The fourth-order valence-corrected chi connectivity index (χ4v) is 3.64. The minimum Gasteiger partial charge on any atom is -0.444 e. The summed E-state index contributed by atoms with van der Waals surface area (Å²) in [5.41, 5.74) is -0.983. The van der Waals surface area contributed by atoms with Crippen LogP contribution in [-0.4, -0.2) is 38.9 Å². The van der Waals surface area contributed by atoms with Gasteiger partial charge in [0.1, 0.15) is 5.60 Å². The molecule has 0 radical (unpaired) electrons. The van der Waals surface area contributed by atoms with Gasteiger partial charge in [0.15, 0.2) is 0 Å². The highest BCUT2D eigenvalue weighted by atomic mass is 16.6. The normalized spacial score (nSPS) is 39.9. The van der Waals surface area contributed by atoms with Crippen LogP contribution < -0.4 is 0 Å². The molecule has 1 unspecified atom stereocenters. The summed E-state index contributed by atoms with van der Waals surface area (Å²) in [6.07, 6.45) is 2.65. The Morgan fingerprint density at radius 1 is 1.22 bits per heavy atom. The summed E-state index contributed by atoms with van der Waals surface area (Å²) in [4.78, 5) is 14.3. The number of carbonyl (C=O) groups excluding carboxylic acids is 1. The first-order valence-electron chi connectivity index (χ1n) is 6.77. The first-order chi connectivity index (χ1) is 8.06. The maximum absolute atomic E-state index is 12.4. The largest absolute Gasteiger partial charge is 0.444 e. The van der Waals surface area contributed by atoms with E-state index < -0.39 is 5.60 Å². The van der Waals surface area contributed by atoms with Crippen LogP contribution in [0.4, 0.5) is 4.79 Å². The third-order valence-corrected chi connectivity index (χ3v) is 4.21. The van der Waals surface area contributed by atoms with E-state index in [0.717, 1.165) is 12.8 Å². The van der Waals surface area contributed by atoms with Crippen molar-refractivity contribution in [3.8, 4) is 0 Å². The molecular weight excluding hydrogens is 230 g/mol. The van der Waals surface area contributed by atoms with Crippen LogP contribution in [0.3, 0.4) is 0 Å². The number of rotatable bonds is 0. The van der Waals surface area contributed by atoms with Gasteiger partial charge in [0.2, 0.25) is 0 Å². The van der Waals surface area contributed by atoms with E-state index in [1.165, 1.54) is 0 Å². The molecule has 4 heteroatoms. The third-order valence-electron chi connectivity index (χ3n) is 4.21. The quantitative estimate of drug-likeness (QED) is 0.724. The lowest BCUT2D eigenvalue weighted by atomic mass is 9.84. The van der Waals surface area contributed by atoms with Gasteiger partial charge >= 0.3 is 6.09 Å². The highest BCUT2D eigenvalue weighted by Crippen LogP contribution is 2.50. The molecule has 4 nitrogen and oxygen atoms in total. The van der Waals surface area contributed by atoms with Gasteiger partial charge in [0, 0.05) is 11.1 Å². The van der Waals surface area contributed by atoms with Gasteiger partial charge in [-0.1, -0.05) is 0 Å².